The van der Waals surface area contributed by atoms with Crippen molar-refractivity contribution in [2.75, 3.05) is 0 Å². The van der Waals surface area contributed by atoms with Gasteiger partial charge in [-0.15, -0.1) is 6.58 Å². The molecule has 1 aromatic carbocycles. The van der Waals surface area contributed by atoms with Crippen molar-refractivity contribution >= 4 is 11.9 Å². The van der Waals surface area contributed by atoms with Crippen molar-refractivity contribution in [2.24, 2.45) is 17.8 Å². The van der Waals surface area contributed by atoms with Gasteiger partial charge in [0.15, 0.2) is 6.10 Å². The van der Waals surface area contributed by atoms with Crippen molar-refractivity contribution < 1.29 is 34.0 Å². The van der Waals surface area contributed by atoms with Gasteiger partial charge < -0.3 is 24.4 Å². The monoisotopic (exact) mass is 524 g/mol. The zero-order valence-electron chi connectivity index (χ0n) is 22.3. The minimum atomic E-state index is -0.773. The predicted molar refractivity (Wildman–Crippen MR) is 143 cm³/mol. The summed E-state index contributed by atoms with van der Waals surface area (Å²) in [7, 11) is 0. The van der Waals surface area contributed by atoms with E-state index in [9.17, 15) is 19.8 Å². The van der Waals surface area contributed by atoms with Crippen LogP contribution in [0.15, 0.2) is 60.7 Å². The Hall–Kier alpha value is -2.90. The predicted octanol–water partition coefficient (Wildman–Crippen LogP) is 4.46. The summed E-state index contributed by atoms with van der Waals surface area (Å²) in [6, 6.07) is 7.60. The highest BCUT2D eigenvalue weighted by molar-refractivity contribution is 5.75. The fourth-order valence-corrected chi connectivity index (χ4v) is 6.02. The van der Waals surface area contributed by atoms with Crippen LogP contribution in [0.2, 0.25) is 0 Å². The number of para-hydroxylation sites is 1. The summed E-state index contributed by atoms with van der Waals surface area (Å²) in [6.45, 7) is 7.82. The van der Waals surface area contributed by atoms with Gasteiger partial charge >= 0.3 is 11.9 Å². The van der Waals surface area contributed by atoms with E-state index in [1.165, 1.54) is 0 Å². The number of carbonyl (C=O) groups is 2. The van der Waals surface area contributed by atoms with E-state index in [0.29, 0.717) is 37.9 Å². The van der Waals surface area contributed by atoms with Crippen LogP contribution < -0.4 is 4.74 Å². The molecule has 0 spiro atoms. The molecule has 8 atom stereocenters. The van der Waals surface area contributed by atoms with Gasteiger partial charge in [-0.1, -0.05) is 56.4 Å². The van der Waals surface area contributed by atoms with Crippen LogP contribution in [-0.2, 0) is 25.5 Å². The van der Waals surface area contributed by atoms with Crippen molar-refractivity contribution in [1.29, 1.82) is 0 Å². The van der Waals surface area contributed by atoms with Crippen LogP contribution in [0.4, 0.5) is 0 Å². The van der Waals surface area contributed by atoms with E-state index < -0.39 is 30.4 Å². The number of esters is 2. The lowest BCUT2D eigenvalue weighted by molar-refractivity contribution is -0.165. The molecule has 0 bridgehead atoms. The molecule has 3 aliphatic rings. The molecule has 4 rings (SSSR count). The second-order valence-electron chi connectivity index (χ2n) is 10.8. The summed E-state index contributed by atoms with van der Waals surface area (Å²) in [6.07, 6.45) is 8.08. The van der Waals surface area contributed by atoms with Gasteiger partial charge in [0.25, 0.3) is 0 Å². The molecule has 7 nitrogen and oxygen atoms in total. The molecule has 206 valence electrons. The molecule has 2 N–H and O–H groups in total. The first-order valence-electron chi connectivity index (χ1n) is 13.8. The Morgan fingerprint density at radius 3 is 2.76 bits per heavy atom. The minimum Gasteiger partial charge on any atom is -0.478 e. The van der Waals surface area contributed by atoms with Gasteiger partial charge in [-0.25, -0.2) is 4.79 Å². The van der Waals surface area contributed by atoms with Gasteiger partial charge in [0.2, 0.25) is 0 Å². The smallest absolute Gasteiger partial charge is 0.347 e. The SMILES string of the molecule is C=CCc1ccccc1OC(CC)C(=O)O[C@H]1C[C@H](O)C=C2C=C[C@H](C)[C@H](CC[C@@H]3C[C@@H](O)CC(=O)O3)[C@H]21. The Balaban J connectivity index is 1.48. The van der Waals surface area contributed by atoms with Crippen molar-refractivity contribution in [3.63, 3.8) is 0 Å². The average Bonchev–Trinajstić information content (AvgIpc) is 2.87. The van der Waals surface area contributed by atoms with E-state index >= 15 is 0 Å². The largest absolute Gasteiger partial charge is 0.478 e. The third-order valence-corrected chi connectivity index (χ3v) is 7.94. The number of hydrogen-bond acceptors (Lipinski definition) is 7. The normalized spacial score (nSPS) is 31.4. The molecule has 1 saturated heterocycles. The molecular weight excluding hydrogens is 484 g/mol. The number of aliphatic hydroxyl groups excluding tert-OH is 2. The first-order valence-corrected chi connectivity index (χ1v) is 13.8. The maximum Gasteiger partial charge on any atom is 0.347 e. The minimum absolute atomic E-state index is 0.0449. The summed E-state index contributed by atoms with van der Waals surface area (Å²) < 4.78 is 17.7. The third kappa shape index (κ3) is 6.75. The molecule has 0 saturated carbocycles. The number of fused-ring (bicyclic) bond motifs is 1. The van der Waals surface area contributed by atoms with E-state index in [0.717, 1.165) is 17.6 Å². The lowest BCUT2D eigenvalue weighted by Gasteiger charge is -2.43. The highest BCUT2D eigenvalue weighted by Gasteiger charge is 2.43. The zero-order chi connectivity index (χ0) is 27.2. The number of carbonyl (C=O) groups excluding carboxylic acids is 2. The molecule has 2 aliphatic carbocycles. The van der Waals surface area contributed by atoms with E-state index in [1.807, 2.05) is 43.3 Å². The molecule has 1 fully saturated rings. The second-order valence-corrected chi connectivity index (χ2v) is 10.8. The van der Waals surface area contributed by atoms with E-state index in [2.05, 4.69) is 19.6 Å². The first-order chi connectivity index (χ1) is 18.3. The van der Waals surface area contributed by atoms with E-state index in [-0.39, 0.29) is 36.2 Å². The van der Waals surface area contributed by atoms with Gasteiger partial charge in [-0.05, 0) is 54.7 Å². The maximum atomic E-state index is 13.4. The highest BCUT2D eigenvalue weighted by Crippen LogP contribution is 2.44. The number of benzene rings is 1. The molecular formula is C31H40O7. The van der Waals surface area contributed by atoms with E-state index in [1.54, 1.807) is 6.08 Å². The van der Waals surface area contributed by atoms with Crippen molar-refractivity contribution in [2.45, 2.75) is 89.3 Å². The summed E-state index contributed by atoms with van der Waals surface area (Å²) >= 11 is 0. The van der Waals surface area contributed by atoms with Crippen LogP contribution >= 0.6 is 0 Å². The fourth-order valence-electron chi connectivity index (χ4n) is 6.02. The summed E-state index contributed by atoms with van der Waals surface area (Å²) in [5.41, 5.74) is 1.92. The maximum absolute atomic E-state index is 13.4. The first kappa shape index (κ1) is 28.1. The molecule has 0 aromatic heterocycles. The van der Waals surface area contributed by atoms with Crippen molar-refractivity contribution in [3.8, 4) is 5.75 Å². The van der Waals surface area contributed by atoms with Crippen LogP contribution in [0.1, 0.15) is 57.9 Å². The van der Waals surface area contributed by atoms with Gasteiger partial charge in [0.05, 0.1) is 18.6 Å². The summed E-state index contributed by atoms with van der Waals surface area (Å²) in [5, 5.41) is 20.6. The molecule has 1 heterocycles. The lowest BCUT2D eigenvalue weighted by atomic mass is 9.66. The Kier molecular flexibility index (Phi) is 9.44. The molecule has 1 unspecified atom stereocenters. The van der Waals surface area contributed by atoms with Crippen LogP contribution in [-0.4, -0.2) is 52.7 Å². The van der Waals surface area contributed by atoms with Gasteiger partial charge in [0, 0.05) is 18.8 Å². The van der Waals surface area contributed by atoms with Gasteiger partial charge in [-0.3, -0.25) is 4.79 Å². The fraction of sp³-hybridized carbons (Fsp3) is 0.548. The molecule has 7 heteroatoms. The number of hydrogen-bond donors (Lipinski definition) is 2. The Labute approximate surface area is 225 Å². The average molecular weight is 525 g/mol. The van der Waals surface area contributed by atoms with Crippen LogP contribution in [0, 0.1) is 17.8 Å². The van der Waals surface area contributed by atoms with Crippen molar-refractivity contribution in [1.82, 2.24) is 0 Å². The number of allylic oxidation sites excluding steroid dienone is 3. The lowest BCUT2D eigenvalue weighted by Crippen LogP contribution is -2.44. The van der Waals surface area contributed by atoms with Gasteiger partial charge in [-0.2, -0.15) is 0 Å². The Bertz CT molecular complexity index is 1060. The molecule has 1 aliphatic heterocycles. The van der Waals surface area contributed by atoms with Crippen molar-refractivity contribution in [3.05, 3.63) is 66.3 Å². The number of ether oxygens (including phenoxy) is 3. The van der Waals surface area contributed by atoms with Crippen LogP contribution in [0.25, 0.3) is 0 Å². The molecule has 0 amide bonds. The second kappa shape index (κ2) is 12.8. The topological polar surface area (TPSA) is 102 Å². The molecule has 0 radical (unpaired) electrons. The van der Waals surface area contributed by atoms with Gasteiger partial charge in [0.1, 0.15) is 18.0 Å². The van der Waals surface area contributed by atoms with E-state index in [4.69, 9.17) is 14.2 Å². The number of aliphatic hydroxyl groups is 2. The summed E-state index contributed by atoms with van der Waals surface area (Å²) in [4.78, 5) is 25.2. The molecule has 38 heavy (non-hydrogen) atoms. The standard InChI is InChI=1S/C31H40O7/c1-4-8-20-9-6-7-10-27(20)37-26(5-2)31(35)38-28-17-22(32)15-21-12-11-19(3)25(30(21)28)14-13-24-16-23(33)18-29(34)36-24/h4,6-7,9-12,15,19,22-26,28,30,32-33H,1,5,8,13-14,16-18H2,2-3H3/t19-,22+,23+,24+,25-,26?,28-,30-/m0/s1. The Morgan fingerprint density at radius 1 is 1.24 bits per heavy atom. The number of cyclic esters (lactones) is 1. The highest BCUT2D eigenvalue weighted by atomic mass is 16.6. The third-order valence-electron chi connectivity index (χ3n) is 7.94. The molecule has 1 aromatic rings. The quantitative estimate of drug-likeness (QED) is 0.344. The van der Waals surface area contributed by atoms with Crippen LogP contribution in [0.3, 0.4) is 0 Å². The number of rotatable bonds is 10. The Morgan fingerprint density at radius 2 is 2.03 bits per heavy atom. The summed E-state index contributed by atoms with van der Waals surface area (Å²) in [5.74, 6) is 0.0859. The zero-order valence-corrected chi connectivity index (χ0v) is 22.3. The van der Waals surface area contributed by atoms with Crippen LogP contribution in [0.5, 0.6) is 5.75 Å².